The highest BCUT2D eigenvalue weighted by molar-refractivity contribution is 9.11. The predicted octanol–water partition coefficient (Wildman–Crippen LogP) is 1.86. The van der Waals surface area contributed by atoms with Crippen LogP contribution in [-0.4, -0.2) is 19.0 Å². The van der Waals surface area contributed by atoms with Crippen LogP contribution in [0.4, 0.5) is 0 Å². The second-order valence-corrected chi connectivity index (χ2v) is 5.29. The molecule has 1 aromatic rings. The summed E-state index contributed by atoms with van der Waals surface area (Å²) in [6.45, 7) is 1.36. The van der Waals surface area contributed by atoms with Gasteiger partial charge in [0.15, 0.2) is 6.04 Å². The summed E-state index contributed by atoms with van der Waals surface area (Å²) in [5.74, 6) is -0.741. The van der Waals surface area contributed by atoms with Crippen LogP contribution in [0, 0.1) is 0 Å². The fourth-order valence-electron chi connectivity index (χ4n) is 1.05. The van der Waals surface area contributed by atoms with Crippen LogP contribution >= 0.6 is 27.3 Å². The number of amides is 1. The SMILES string of the molecule is COC(=O)C(NC(C)=O)c1ccc(Br)s1. The molecule has 15 heavy (non-hydrogen) atoms. The second-order valence-electron chi connectivity index (χ2n) is 2.80. The molecule has 1 unspecified atom stereocenters. The van der Waals surface area contributed by atoms with Crippen LogP contribution in [-0.2, 0) is 14.3 Å². The topological polar surface area (TPSA) is 55.4 Å². The van der Waals surface area contributed by atoms with E-state index in [2.05, 4.69) is 26.0 Å². The number of carbonyl (C=O) groups is 2. The Balaban J connectivity index is 2.90. The van der Waals surface area contributed by atoms with Crippen LogP contribution in [0.15, 0.2) is 15.9 Å². The Labute approximate surface area is 99.8 Å². The summed E-state index contributed by atoms with van der Waals surface area (Å²) < 4.78 is 5.51. The van der Waals surface area contributed by atoms with Crippen molar-refractivity contribution >= 4 is 39.1 Å². The molecule has 0 aliphatic carbocycles. The number of ether oxygens (including phenoxy) is 1. The summed E-state index contributed by atoms with van der Waals surface area (Å²) in [6, 6.07) is 2.87. The van der Waals surface area contributed by atoms with Crippen molar-refractivity contribution in [1.29, 1.82) is 0 Å². The first-order chi connectivity index (χ1) is 7.04. The maximum atomic E-state index is 11.4. The molecule has 1 amide bonds. The van der Waals surface area contributed by atoms with Crippen molar-refractivity contribution in [3.63, 3.8) is 0 Å². The van der Waals surface area contributed by atoms with Gasteiger partial charge in [-0.25, -0.2) is 4.79 Å². The normalized spacial score (nSPS) is 11.9. The van der Waals surface area contributed by atoms with Crippen LogP contribution in [0.2, 0.25) is 0 Å². The number of nitrogens with one attached hydrogen (secondary N) is 1. The van der Waals surface area contributed by atoms with Gasteiger partial charge in [-0.2, -0.15) is 0 Å². The summed E-state index contributed by atoms with van der Waals surface area (Å²) in [4.78, 5) is 23.1. The fraction of sp³-hybridized carbons (Fsp3) is 0.333. The van der Waals surface area contributed by atoms with Crippen molar-refractivity contribution in [3.05, 3.63) is 20.8 Å². The standard InChI is InChI=1S/C9H10BrNO3S/c1-5(12)11-8(9(13)14-2)6-3-4-7(10)15-6/h3-4,8H,1-2H3,(H,11,12). The van der Waals surface area contributed by atoms with Gasteiger partial charge in [-0.15, -0.1) is 11.3 Å². The van der Waals surface area contributed by atoms with E-state index in [1.54, 1.807) is 6.07 Å². The van der Waals surface area contributed by atoms with E-state index in [0.717, 1.165) is 8.66 Å². The van der Waals surface area contributed by atoms with Gasteiger partial charge in [0.1, 0.15) is 0 Å². The Hall–Kier alpha value is -0.880. The van der Waals surface area contributed by atoms with Crippen molar-refractivity contribution < 1.29 is 14.3 Å². The molecule has 0 bridgehead atoms. The molecule has 82 valence electrons. The molecule has 0 saturated heterocycles. The summed E-state index contributed by atoms with van der Waals surface area (Å²) in [7, 11) is 1.29. The lowest BCUT2D eigenvalue weighted by molar-refractivity contribution is -0.145. The minimum Gasteiger partial charge on any atom is -0.467 e. The third-order valence-corrected chi connectivity index (χ3v) is 3.35. The highest BCUT2D eigenvalue weighted by atomic mass is 79.9. The third-order valence-electron chi connectivity index (χ3n) is 1.66. The lowest BCUT2D eigenvalue weighted by Crippen LogP contribution is -2.32. The predicted molar refractivity (Wildman–Crippen MR) is 60.6 cm³/mol. The zero-order valence-electron chi connectivity index (χ0n) is 8.24. The van der Waals surface area contributed by atoms with Crippen LogP contribution in [0.1, 0.15) is 17.8 Å². The number of esters is 1. The molecule has 0 aliphatic heterocycles. The largest absolute Gasteiger partial charge is 0.467 e. The van der Waals surface area contributed by atoms with Crippen molar-refractivity contribution in [2.24, 2.45) is 0 Å². The number of thiophene rings is 1. The molecule has 0 aromatic carbocycles. The molecule has 0 radical (unpaired) electrons. The van der Waals surface area contributed by atoms with Crippen molar-refractivity contribution in [1.82, 2.24) is 5.32 Å². The highest BCUT2D eigenvalue weighted by Gasteiger charge is 2.23. The number of hydrogen-bond acceptors (Lipinski definition) is 4. The first-order valence-corrected chi connectivity index (χ1v) is 5.75. The lowest BCUT2D eigenvalue weighted by atomic mass is 10.2. The Kier molecular flexibility index (Phi) is 4.28. The number of carbonyl (C=O) groups excluding carboxylic acids is 2. The molecule has 0 fully saturated rings. The molecule has 0 saturated carbocycles. The Morgan fingerprint density at radius 2 is 2.20 bits per heavy atom. The van der Waals surface area contributed by atoms with Crippen molar-refractivity contribution in [2.45, 2.75) is 13.0 Å². The van der Waals surface area contributed by atoms with E-state index in [1.807, 2.05) is 6.07 Å². The van der Waals surface area contributed by atoms with Gasteiger partial charge in [0.05, 0.1) is 10.9 Å². The summed E-state index contributed by atoms with van der Waals surface area (Å²) in [5, 5.41) is 2.54. The number of rotatable bonds is 3. The van der Waals surface area contributed by atoms with E-state index in [1.165, 1.54) is 25.4 Å². The second kappa shape index (κ2) is 5.27. The van der Waals surface area contributed by atoms with Crippen LogP contribution in [0.3, 0.4) is 0 Å². The Morgan fingerprint density at radius 3 is 2.60 bits per heavy atom. The molecule has 0 aliphatic rings. The van der Waals surface area contributed by atoms with E-state index < -0.39 is 12.0 Å². The average Bonchev–Trinajstić information content (AvgIpc) is 2.59. The van der Waals surface area contributed by atoms with Gasteiger partial charge in [-0.1, -0.05) is 0 Å². The summed E-state index contributed by atoms with van der Waals surface area (Å²) in [6.07, 6.45) is 0. The van der Waals surface area contributed by atoms with Gasteiger partial charge in [0, 0.05) is 11.8 Å². The van der Waals surface area contributed by atoms with Gasteiger partial charge in [-0.05, 0) is 28.1 Å². The van der Waals surface area contributed by atoms with Crippen LogP contribution in [0.5, 0.6) is 0 Å². The molecule has 1 heterocycles. The fourth-order valence-corrected chi connectivity index (χ4v) is 2.51. The third kappa shape index (κ3) is 3.32. The maximum Gasteiger partial charge on any atom is 0.333 e. The van der Waals surface area contributed by atoms with Gasteiger partial charge in [0.25, 0.3) is 0 Å². The molecule has 1 atom stereocenters. The van der Waals surface area contributed by atoms with E-state index in [-0.39, 0.29) is 5.91 Å². The molecule has 1 aromatic heterocycles. The molecular weight excluding hydrogens is 282 g/mol. The minimum absolute atomic E-state index is 0.269. The average molecular weight is 292 g/mol. The Morgan fingerprint density at radius 1 is 1.53 bits per heavy atom. The van der Waals surface area contributed by atoms with E-state index in [0.29, 0.717) is 0 Å². The Bertz CT molecular complexity index is 377. The molecule has 6 heteroatoms. The van der Waals surface area contributed by atoms with E-state index in [9.17, 15) is 9.59 Å². The van der Waals surface area contributed by atoms with Gasteiger partial charge < -0.3 is 10.1 Å². The quantitative estimate of drug-likeness (QED) is 0.865. The van der Waals surface area contributed by atoms with Gasteiger partial charge in [-0.3, -0.25) is 4.79 Å². The molecule has 0 spiro atoms. The number of hydrogen-bond donors (Lipinski definition) is 1. The molecule has 1 rings (SSSR count). The van der Waals surface area contributed by atoms with Crippen LogP contribution in [0.25, 0.3) is 0 Å². The smallest absolute Gasteiger partial charge is 0.333 e. The summed E-state index contributed by atoms with van der Waals surface area (Å²) in [5.41, 5.74) is 0. The molecule has 1 N–H and O–H groups in total. The van der Waals surface area contributed by atoms with E-state index >= 15 is 0 Å². The first kappa shape index (κ1) is 12.2. The van der Waals surface area contributed by atoms with Gasteiger partial charge >= 0.3 is 5.97 Å². The number of methoxy groups -OCH3 is 1. The summed E-state index contributed by atoms with van der Waals surface area (Å²) >= 11 is 4.67. The van der Waals surface area contributed by atoms with E-state index in [4.69, 9.17) is 0 Å². The maximum absolute atomic E-state index is 11.4. The highest BCUT2D eigenvalue weighted by Crippen LogP contribution is 2.27. The van der Waals surface area contributed by atoms with Gasteiger partial charge in [0.2, 0.25) is 5.91 Å². The van der Waals surface area contributed by atoms with Crippen LogP contribution < -0.4 is 5.32 Å². The lowest BCUT2D eigenvalue weighted by Gasteiger charge is -2.13. The zero-order chi connectivity index (χ0) is 11.4. The molecular formula is C9H10BrNO3S. The zero-order valence-corrected chi connectivity index (χ0v) is 10.6. The molecule has 4 nitrogen and oxygen atoms in total. The monoisotopic (exact) mass is 291 g/mol. The number of halogens is 1. The minimum atomic E-state index is -0.719. The van der Waals surface area contributed by atoms with Crippen molar-refractivity contribution in [2.75, 3.05) is 7.11 Å². The van der Waals surface area contributed by atoms with Crippen molar-refractivity contribution in [3.8, 4) is 0 Å². The first-order valence-electron chi connectivity index (χ1n) is 4.14.